The van der Waals surface area contributed by atoms with Gasteiger partial charge in [0.25, 0.3) is 0 Å². The Morgan fingerprint density at radius 1 is 0.762 bits per heavy atom. The van der Waals surface area contributed by atoms with Crippen LogP contribution in [-0.2, 0) is 11.5 Å². The average Bonchev–Trinajstić information content (AvgIpc) is 3.16. The molecule has 0 aromatic carbocycles. The van der Waals surface area contributed by atoms with Crippen LogP contribution < -0.4 is 0 Å². The maximum Gasteiger partial charge on any atom is 0.175 e. The van der Waals surface area contributed by atoms with E-state index in [1.807, 2.05) is 12.1 Å². The molecule has 0 aliphatic carbocycles. The highest BCUT2D eigenvalue weighted by Gasteiger charge is 2.08. The minimum atomic E-state index is 0.828. The summed E-state index contributed by atoms with van der Waals surface area (Å²) in [5.74, 6) is 1.77. The monoisotopic (exact) mass is 410 g/mol. The maximum absolute atomic E-state index is 5.92. The van der Waals surface area contributed by atoms with E-state index in [-0.39, 0.29) is 0 Å². The largest absolute Gasteiger partial charge is 0.175 e. The van der Waals surface area contributed by atoms with Crippen molar-refractivity contribution in [3.05, 3.63) is 42.7 Å². The first-order valence-corrected chi connectivity index (χ1v) is 10.9. The fourth-order valence-corrected chi connectivity index (χ4v) is 6.72. The molecule has 110 valence electrons. The lowest BCUT2D eigenvalue weighted by molar-refractivity contribution is 0.954. The van der Waals surface area contributed by atoms with Gasteiger partial charge in [-0.3, -0.25) is 0 Å². The lowest BCUT2D eigenvalue weighted by Gasteiger charge is -1.93. The molecule has 0 atom stereocenters. The SMILES string of the molecule is Clc1ccc(CSc2nnc(SCc3ccc(Cl)s3)s2)s1. The van der Waals surface area contributed by atoms with Gasteiger partial charge in [0.1, 0.15) is 0 Å². The van der Waals surface area contributed by atoms with Crippen LogP contribution in [0.4, 0.5) is 0 Å². The molecule has 9 heteroatoms. The van der Waals surface area contributed by atoms with E-state index in [9.17, 15) is 0 Å². The van der Waals surface area contributed by atoms with Crippen LogP contribution in [0.2, 0.25) is 8.67 Å². The van der Waals surface area contributed by atoms with Crippen molar-refractivity contribution in [2.75, 3.05) is 0 Å². The van der Waals surface area contributed by atoms with Gasteiger partial charge in [0.05, 0.1) is 8.67 Å². The van der Waals surface area contributed by atoms with E-state index in [1.165, 1.54) is 9.75 Å². The highest BCUT2D eigenvalue weighted by Crippen LogP contribution is 2.35. The Hall–Kier alpha value is 0.240. The van der Waals surface area contributed by atoms with Gasteiger partial charge in [0, 0.05) is 21.3 Å². The molecule has 0 aliphatic heterocycles. The van der Waals surface area contributed by atoms with Gasteiger partial charge in [-0.15, -0.1) is 32.9 Å². The molecule has 0 bridgehead atoms. The van der Waals surface area contributed by atoms with Gasteiger partial charge in [-0.05, 0) is 24.3 Å². The Balaban J connectivity index is 1.51. The van der Waals surface area contributed by atoms with Crippen molar-refractivity contribution in [2.24, 2.45) is 0 Å². The number of aromatic nitrogens is 2. The molecule has 3 aromatic rings. The Kier molecular flexibility index (Phi) is 5.89. The van der Waals surface area contributed by atoms with Gasteiger partial charge in [-0.1, -0.05) is 58.1 Å². The van der Waals surface area contributed by atoms with E-state index in [4.69, 9.17) is 23.2 Å². The summed E-state index contributed by atoms with van der Waals surface area (Å²) in [6.45, 7) is 0. The molecule has 0 spiro atoms. The van der Waals surface area contributed by atoms with Crippen molar-refractivity contribution < 1.29 is 0 Å². The van der Waals surface area contributed by atoms with Gasteiger partial charge >= 0.3 is 0 Å². The number of thiophene rings is 2. The Morgan fingerprint density at radius 2 is 1.24 bits per heavy atom. The normalized spacial score (nSPS) is 11.1. The Bertz CT molecular complexity index is 662. The van der Waals surface area contributed by atoms with Crippen LogP contribution in [0, 0.1) is 0 Å². The van der Waals surface area contributed by atoms with Crippen LogP contribution in [0.3, 0.4) is 0 Å². The van der Waals surface area contributed by atoms with Crippen molar-refractivity contribution in [1.29, 1.82) is 0 Å². The van der Waals surface area contributed by atoms with Gasteiger partial charge < -0.3 is 0 Å². The fourth-order valence-electron chi connectivity index (χ4n) is 1.44. The fraction of sp³-hybridized carbons (Fsp3) is 0.167. The zero-order chi connectivity index (χ0) is 14.7. The molecule has 2 nitrogen and oxygen atoms in total. The van der Waals surface area contributed by atoms with Crippen molar-refractivity contribution in [1.82, 2.24) is 10.2 Å². The lowest BCUT2D eigenvalue weighted by atomic mass is 10.5. The number of nitrogens with zero attached hydrogens (tertiary/aromatic N) is 2. The first-order valence-electron chi connectivity index (χ1n) is 5.76. The molecular formula is C12H8Cl2N2S5. The quantitative estimate of drug-likeness (QED) is 0.430. The van der Waals surface area contributed by atoms with E-state index in [0.29, 0.717) is 0 Å². The zero-order valence-corrected chi connectivity index (χ0v) is 16.0. The summed E-state index contributed by atoms with van der Waals surface area (Å²) >= 11 is 20.1. The lowest BCUT2D eigenvalue weighted by Crippen LogP contribution is -1.75. The minimum absolute atomic E-state index is 0.828. The van der Waals surface area contributed by atoms with E-state index in [1.54, 1.807) is 57.5 Å². The third-order valence-corrected chi connectivity index (χ3v) is 8.44. The minimum Gasteiger partial charge on any atom is -0.131 e. The van der Waals surface area contributed by atoms with E-state index < -0.39 is 0 Å². The first kappa shape index (κ1) is 16.1. The van der Waals surface area contributed by atoms with Crippen LogP contribution in [0.1, 0.15) is 9.75 Å². The molecule has 0 unspecified atom stereocenters. The number of hydrogen-bond donors (Lipinski definition) is 0. The second kappa shape index (κ2) is 7.68. The predicted octanol–water partition coefficient (Wildman–Crippen LogP) is 6.55. The summed E-state index contributed by atoms with van der Waals surface area (Å²) in [6.07, 6.45) is 0. The highest BCUT2D eigenvalue weighted by atomic mass is 35.5. The molecule has 0 N–H and O–H groups in total. The highest BCUT2D eigenvalue weighted by molar-refractivity contribution is 8.02. The maximum atomic E-state index is 5.92. The smallest absolute Gasteiger partial charge is 0.131 e. The van der Waals surface area contributed by atoms with Crippen LogP contribution in [-0.4, -0.2) is 10.2 Å². The van der Waals surface area contributed by atoms with Crippen molar-refractivity contribution in [3.8, 4) is 0 Å². The van der Waals surface area contributed by atoms with E-state index in [0.717, 1.165) is 28.9 Å². The summed E-state index contributed by atoms with van der Waals surface area (Å²) in [5.41, 5.74) is 0. The second-order valence-electron chi connectivity index (χ2n) is 3.82. The van der Waals surface area contributed by atoms with Crippen molar-refractivity contribution in [2.45, 2.75) is 20.2 Å². The number of hydrogen-bond acceptors (Lipinski definition) is 7. The van der Waals surface area contributed by atoms with Crippen LogP contribution >= 0.6 is 80.7 Å². The molecule has 3 aromatic heterocycles. The molecule has 0 saturated carbocycles. The van der Waals surface area contributed by atoms with E-state index in [2.05, 4.69) is 22.3 Å². The summed E-state index contributed by atoms with van der Waals surface area (Å²) in [6, 6.07) is 7.96. The van der Waals surface area contributed by atoms with Gasteiger partial charge in [-0.25, -0.2) is 0 Å². The summed E-state index contributed by atoms with van der Waals surface area (Å²) in [5, 5.41) is 8.43. The third kappa shape index (κ3) is 4.86. The summed E-state index contributed by atoms with van der Waals surface area (Å²) < 4.78 is 3.64. The molecule has 0 saturated heterocycles. The average molecular weight is 411 g/mol. The number of thioether (sulfide) groups is 2. The van der Waals surface area contributed by atoms with Crippen LogP contribution in [0.15, 0.2) is 32.9 Å². The molecule has 0 radical (unpaired) electrons. The van der Waals surface area contributed by atoms with Crippen molar-refractivity contribution in [3.63, 3.8) is 0 Å². The molecule has 0 aliphatic rings. The molecule has 21 heavy (non-hydrogen) atoms. The second-order valence-corrected chi connectivity index (χ2v) is 10.8. The molecular weight excluding hydrogens is 403 g/mol. The zero-order valence-electron chi connectivity index (χ0n) is 10.4. The topological polar surface area (TPSA) is 25.8 Å². The molecule has 0 fully saturated rings. The third-order valence-electron chi connectivity index (χ3n) is 2.32. The van der Waals surface area contributed by atoms with Gasteiger partial charge in [-0.2, -0.15) is 0 Å². The van der Waals surface area contributed by atoms with Crippen LogP contribution in [0.5, 0.6) is 0 Å². The van der Waals surface area contributed by atoms with Gasteiger partial charge in [0.2, 0.25) is 0 Å². The van der Waals surface area contributed by atoms with E-state index >= 15 is 0 Å². The van der Waals surface area contributed by atoms with Gasteiger partial charge in [0.15, 0.2) is 8.68 Å². The Labute approximate surface area is 152 Å². The first-order chi connectivity index (χ1) is 10.2. The summed E-state index contributed by atoms with van der Waals surface area (Å²) in [4.78, 5) is 2.50. The Morgan fingerprint density at radius 3 is 1.62 bits per heavy atom. The number of rotatable bonds is 6. The van der Waals surface area contributed by atoms with Crippen molar-refractivity contribution >= 4 is 80.7 Å². The van der Waals surface area contributed by atoms with Crippen LogP contribution in [0.25, 0.3) is 0 Å². The molecule has 3 heterocycles. The number of halogens is 2. The standard InChI is InChI=1S/C12H8Cl2N2S5/c13-9-3-1-7(19-9)5-17-11-15-16-12(21-11)18-6-8-2-4-10(14)20-8/h1-4H,5-6H2. The molecule has 3 rings (SSSR count). The molecule has 0 amide bonds. The summed E-state index contributed by atoms with van der Waals surface area (Å²) in [7, 11) is 0. The predicted molar refractivity (Wildman–Crippen MR) is 97.7 cm³/mol.